The molecule has 2 rings (SSSR count). The van der Waals surface area contributed by atoms with Crippen LogP contribution in [0.4, 0.5) is 0 Å². The van der Waals surface area contributed by atoms with Crippen molar-refractivity contribution < 1.29 is 33.6 Å². The number of aliphatic hydroxyl groups is 1. The lowest BCUT2D eigenvalue weighted by atomic mass is 10.0. The number of hydrogen-bond acceptors (Lipinski definition) is 7. The maximum Gasteiger partial charge on any atom is 0.303 e. The SMILES string of the molecule is CC(=O)O[C@H]1COC(O)[C@H](OC(C)=O)[C@H]1OCc1ccccc1. The first kappa shape index (κ1) is 17.4. The van der Waals surface area contributed by atoms with Crippen molar-refractivity contribution in [1.82, 2.24) is 0 Å². The van der Waals surface area contributed by atoms with Crippen LogP contribution in [0.3, 0.4) is 0 Å². The van der Waals surface area contributed by atoms with Crippen molar-refractivity contribution in [3.05, 3.63) is 35.9 Å². The molecule has 0 spiro atoms. The van der Waals surface area contributed by atoms with Crippen LogP contribution in [0.25, 0.3) is 0 Å². The van der Waals surface area contributed by atoms with Crippen LogP contribution in [-0.4, -0.2) is 48.3 Å². The van der Waals surface area contributed by atoms with E-state index in [1.54, 1.807) is 0 Å². The minimum Gasteiger partial charge on any atom is -0.457 e. The second-order valence-electron chi connectivity index (χ2n) is 5.21. The Morgan fingerprint density at radius 3 is 2.39 bits per heavy atom. The van der Waals surface area contributed by atoms with E-state index in [9.17, 15) is 14.7 Å². The maximum atomic E-state index is 11.3. The van der Waals surface area contributed by atoms with Crippen LogP contribution >= 0.6 is 0 Å². The third-order valence-electron chi connectivity index (χ3n) is 3.31. The smallest absolute Gasteiger partial charge is 0.303 e. The fraction of sp³-hybridized carbons (Fsp3) is 0.500. The largest absolute Gasteiger partial charge is 0.457 e. The number of rotatable bonds is 5. The molecule has 1 aromatic carbocycles. The van der Waals surface area contributed by atoms with Crippen molar-refractivity contribution in [1.29, 1.82) is 0 Å². The molecule has 0 radical (unpaired) electrons. The van der Waals surface area contributed by atoms with Crippen molar-refractivity contribution in [2.24, 2.45) is 0 Å². The number of ether oxygens (including phenoxy) is 4. The Kier molecular flexibility index (Phi) is 6.09. The summed E-state index contributed by atoms with van der Waals surface area (Å²) in [4.78, 5) is 22.5. The third-order valence-corrected chi connectivity index (χ3v) is 3.31. The van der Waals surface area contributed by atoms with E-state index in [0.717, 1.165) is 5.56 Å². The van der Waals surface area contributed by atoms with Gasteiger partial charge >= 0.3 is 11.9 Å². The summed E-state index contributed by atoms with van der Waals surface area (Å²) in [7, 11) is 0. The van der Waals surface area contributed by atoms with Gasteiger partial charge in [-0.2, -0.15) is 0 Å². The van der Waals surface area contributed by atoms with Crippen molar-refractivity contribution >= 4 is 11.9 Å². The van der Waals surface area contributed by atoms with Crippen LogP contribution in [0, 0.1) is 0 Å². The van der Waals surface area contributed by atoms with E-state index in [1.165, 1.54) is 13.8 Å². The van der Waals surface area contributed by atoms with Crippen LogP contribution in [0.1, 0.15) is 19.4 Å². The average Bonchev–Trinajstić information content (AvgIpc) is 2.50. The molecule has 0 aromatic heterocycles. The summed E-state index contributed by atoms with van der Waals surface area (Å²) in [5, 5.41) is 9.92. The van der Waals surface area contributed by atoms with Gasteiger partial charge in [0.15, 0.2) is 18.5 Å². The van der Waals surface area contributed by atoms with Crippen LogP contribution in [-0.2, 0) is 35.1 Å². The summed E-state index contributed by atoms with van der Waals surface area (Å²) in [5.41, 5.74) is 0.900. The Hall–Kier alpha value is -1.96. The predicted octanol–water partition coefficient (Wildman–Crippen LogP) is 0.784. The lowest BCUT2D eigenvalue weighted by Crippen LogP contribution is -2.56. The molecule has 0 saturated carbocycles. The highest BCUT2D eigenvalue weighted by atomic mass is 16.7. The summed E-state index contributed by atoms with van der Waals surface area (Å²) in [6, 6.07) is 9.36. The van der Waals surface area contributed by atoms with Crippen molar-refractivity contribution in [3.63, 3.8) is 0 Å². The first-order valence-electron chi connectivity index (χ1n) is 7.27. The van der Waals surface area contributed by atoms with E-state index in [-0.39, 0.29) is 13.2 Å². The highest BCUT2D eigenvalue weighted by Crippen LogP contribution is 2.24. The van der Waals surface area contributed by atoms with Crippen LogP contribution in [0.15, 0.2) is 30.3 Å². The molecule has 0 bridgehead atoms. The first-order valence-corrected chi connectivity index (χ1v) is 7.27. The molecule has 1 aliphatic rings. The number of carbonyl (C=O) groups is 2. The van der Waals surface area contributed by atoms with E-state index in [2.05, 4.69) is 0 Å². The van der Waals surface area contributed by atoms with E-state index >= 15 is 0 Å². The minimum atomic E-state index is -1.34. The summed E-state index contributed by atoms with van der Waals surface area (Å²) in [6.45, 7) is 2.66. The van der Waals surface area contributed by atoms with E-state index in [4.69, 9.17) is 18.9 Å². The summed E-state index contributed by atoms with van der Waals surface area (Å²) in [6.07, 6.45) is -4.02. The fourth-order valence-electron chi connectivity index (χ4n) is 2.36. The Bertz CT molecular complexity index is 530. The van der Waals surface area contributed by atoms with Gasteiger partial charge in [-0.1, -0.05) is 30.3 Å². The quantitative estimate of drug-likeness (QED) is 0.800. The van der Waals surface area contributed by atoms with E-state index in [1.807, 2.05) is 30.3 Å². The molecule has 0 amide bonds. The molecule has 126 valence electrons. The zero-order valence-electron chi connectivity index (χ0n) is 13.0. The molecule has 1 heterocycles. The van der Waals surface area contributed by atoms with Crippen LogP contribution in [0.5, 0.6) is 0 Å². The number of esters is 2. The molecule has 7 nitrogen and oxygen atoms in total. The lowest BCUT2D eigenvalue weighted by Gasteiger charge is -2.38. The minimum absolute atomic E-state index is 0.0437. The second kappa shape index (κ2) is 8.05. The number of carbonyl (C=O) groups excluding carboxylic acids is 2. The molecular weight excluding hydrogens is 304 g/mol. The topological polar surface area (TPSA) is 91.3 Å². The van der Waals surface area contributed by atoms with Gasteiger partial charge < -0.3 is 24.1 Å². The fourth-order valence-corrected chi connectivity index (χ4v) is 2.36. The zero-order chi connectivity index (χ0) is 16.8. The molecule has 7 heteroatoms. The molecule has 1 unspecified atom stereocenters. The van der Waals surface area contributed by atoms with E-state index < -0.39 is 36.5 Å². The van der Waals surface area contributed by atoms with Gasteiger partial charge in [-0.15, -0.1) is 0 Å². The van der Waals surface area contributed by atoms with Gasteiger partial charge in [-0.05, 0) is 5.56 Å². The van der Waals surface area contributed by atoms with Crippen LogP contribution in [0.2, 0.25) is 0 Å². The zero-order valence-corrected chi connectivity index (χ0v) is 13.0. The Morgan fingerprint density at radius 1 is 1.13 bits per heavy atom. The molecule has 1 aromatic rings. The normalized spacial score (nSPS) is 27.3. The molecule has 0 aliphatic carbocycles. The predicted molar refractivity (Wildman–Crippen MR) is 78.1 cm³/mol. The van der Waals surface area contributed by atoms with Gasteiger partial charge in [0, 0.05) is 13.8 Å². The van der Waals surface area contributed by atoms with Gasteiger partial charge in [-0.3, -0.25) is 9.59 Å². The molecule has 1 N–H and O–H groups in total. The standard InChI is InChI=1S/C16H20O7/c1-10(17)22-13-9-21-16(19)15(23-11(2)18)14(13)20-8-12-6-4-3-5-7-12/h3-7,13-16,19H,8-9H2,1-2H3/t13-,14-,15+,16?/m0/s1. The van der Waals surface area contributed by atoms with Crippen LogP contribution < -0.4 is 0 Å². The third kappa shape index (κ3) is 5.02. The average molecular weight is 324 g/mol. The van der Waals surface area contributed by atoms with Crippen molar-refractivity contribution in [2.75, 3.05) is 6.61 Å². The summed E-state index contributed by atoms with van der Waals surface area (Å²) in [5.74, 6) is -1.10. The number of aliphatic hydroxyl groups excluding tert-OH is 1. The van der Waals surface area contributed by atoms with Gasteiger partial charge in [-0.25, -0.2) is 0 Å². The molecule has 1 aliphatic heterocycles. The molecule has 1 saturated heterocycles. The van der Waals surface area contributed by atoms with Gasteiger partial charge in [0.1, 0.15) is 6.10 Å². The summed E-state index contributed by atoms with van der Waals surface area (Å²) >= 11 is 0. The Labute approximate surface area is 134 Å². The van der Waals surface area contributed by atoms with Gasteiger partial charge in [0.25, 0.3) is 0 Å². The maximum absolute atomic E-state index is 11.3. The molecule has 23 heavy (non-hydrogen) atoms. The highest BCUT2D eigenvalue weighted by molar-refractivity contribution is 5.67. The second-order valence-corrected chi connectivity index (χ2v) is 5.21. The molecule has 4 atom stereocenters. The monoisotopic (exact) mass is 324 g/mol. The lowest BCUT2D eigenvalue weighted by molar-refractivity contribution is -0.273. The van der Waals surface area contributed by atoms with Crippen molar-refractivity contribution in [2.45, 2.75) is 45.1 Å². The van der Waals surface area contributed by atoms with Gasteiger partial charge in [0.05, 0.1) is 13.2 Å². The van der Waals surface area contributed by atoms with E-state index in [0.29, 0.717) is 0 Å². The van der Waals surface area contributed by atoms with Gasteiger partial charge in [0.2, 0.25) is 0 Å². The molecule has 1 fully saturated rings. The first-order chi connectivity index (χ1) is 11.0. The Balaban J connectivity index is 2.12. The number of hydrogen-bond donors (Lipinski definition) is 1. The Morgan fingerprint density at radius 2 is 1.78 bits per heavy atom. The molecular formula is C16H20O7. The van der Waals surface area contributed by atoms with Crippen molar-refractivity contribution in [3.8, 4) is 0 Å². The number of benzene rings is 1. The highest BCUT2D eigenvalue weighted by Gasteiger charge is 2.44. The summed E-state index contributed by atoms with van der Waals surface area (Å²) < 4.78 is 21.1.